The molecule has 0 aromatic heterocycles. The summed E-state index contributed by atoms with van der Waals surface area (Å²) in [5, 5.41) is 3.17. The number of nitrogens with one attached hydrogen (secondary N) is 1. The van der Waals surface area contributed by atoms with E-state index < -0.39 is 0 Å². The molecule has 4 heteroatoms. The molecule has 2 heterocycles. The Labute approximate surface area is 97.1 Å². The molecule has 2 saturated heterocycles. The molecule has 88 valence electrons. The summed E-state index contributed by atoms with van der Waals surface area (Å²) < 4.78 is 5.51. The highest BCUT2D eigenvalue weighted by molar-refractivity contribution is 5.80. The number of ether oxygens (including phenoxy) is 1. The number of aliphatic imine (C=N–C) groups is 1. The van der Waals surface area contributed by atoms with Gasteiger partial charge in [-0.2, -0.15) is 0 Å². The first kappa shape index (κ1) is 11.3. The quantitative estimate of drug-likeness (QED) is 0.393. The van der Waals surface area contributed by atoms with Crippen LogP contribution in [0.1, 0.15) is 12.8 Å². The largest absolute Gasteiger partial charge is 0.381 e. The van der Waals surface area contributed by atoms with Crippen LogP contribution >= 0.6 is 0 Å². The summed E-state index contributed by atoms with van der Waals surface area (Å²) in [7, 11) is 1.80. The molecular formula is C12H19N3O. The van der Waals surface area contributed by atoms with Crippen LogP contribution < -0.4 is 5.32 Å². The van der Waals surface area contributed by atoms with Crippen LogP contribution in [0.2, 0.25) is 0 Å². The second-order valence-electron chi connectivity index (χ2n) is 4.58. The Kier molecular flexibility index (Phi) is 3.35. The summed E-state index contributed by atoms with van der Waals surface area (Å²) in [6.07, 6.45) is 7.61. The van der Waals surface area contributed by atoms with Crippen molar-refractivity contribution in [3.8, 4) is 12.3 Å². The molecule has 2 fully saturated rings. The summed E-state index contributed by atoms with van der Waals surface area (Å²) in [4.78, 5) is 6.54. The lowest BCUT2D eigenvalue weighted by Gasteiger charge is -2.24. The number of guanidine groups is 1. The molecule has 0 amide bonds. The topological polar surface area (TPSA) is 36.9 Å². The molecule has 0 aliphatic carbocycles. The highest BCUT2D eigenvalue weighted by Gasteiger charge is 2.42. The van der Waals surface area contributed by atoms with E-state index >= 15 is 0 Å². The zero-order valence-electron chi connectivity index (χ0n) is 9.83. The minimum absolute atomic E-state index is 0.369. The third-order valence-electron chi connectivity index (χ3n) is 3.48. The first-order valence-electron chi connectivity index (χ1n) is 5.76. The fourth-order valence-corrected chi connectivity index (χ4v) is 2.55. The molecule has 1 N–H and O–H groups in total. The molecule has 0 aromatic carbocycles. The van der Waals surface area contributed by atoms with Crippen LogP contribution in [-0.4, -0.2) is 50.8 Å². The summed E-state index contributed by atoms with van der Waals surface area (Å²) in [5.41, 5.74) is 0.369. The smallest absolute Gasteiger partial charge is 0.194 e. The molecule has 4 nitrogen and oxygen atoms in total. The first-order valence-corrected chi connectivity index (χ1v) is 5.76. The van der Waals surface area contributed by atoms with Crippen molar-refractivity contribution in [1.82, 2.24) is 10.2 Å². The van der Waals surface area contributed by atoms with E-state index in [4.69, 9.17) is 11.2 Å². The van der Waals surface area contributed by atoms with E-state index in [-0.39, 0.29) is 0 Å². The van der Waals surface area contributed by atoms with E-state index in [0.717, 1.165) is 32.3 Å². The zero-order valence-corrected chi connectivity index (χ0v) is 9.83. The van der Waals surface area contributed by atoms with Gasteiger partial charge in [-0.25, -0.2) is 0 Å². The van der Waals surface area contributed by atoms with Crippen LogP contribution in [0.25, 0.3) is 0 Å². The van der Waals surface area contributed by atoms with Gasteiger partial charge in [0.1, 0.15) is 0 Å². The van der Waals surface area contributed by atoms with Gasteiger partial charge in [-0.05, 0) is 12.8 Å². The van der Waals surface area contributed by atoms with E-state index in [1.54, 1.807) is 7.05 Å². The lowest BCUT2D eigenvalue weighted by molar-refractivity contribution is 0.156. The maximum absolute atomic E-state index is 5.51. The molecule has 2 aliphatic heterocycles. The van der Waals surface area contributed by atoms with E-state index in [1.807, 2.05) is 0 Å². The SMILES string of the molecule is C#CCNC(=NC)N1CCC2(CCOC2)C1. The number of nitrogens with zero attached hydrogens (tertiary/aromatic N) is 2. The number of rotatable bonds is 1. The molecule has 1 spiro atoms. The van der Waals surface area contributed by atoms with Crippen LogP contribution in [0.5, 0.6) is 0 Å². The van der Waals surface area contributed by atoms with Gasteiger partial charge >= 0.3 is 0 Å². The number of hydrogen-bond donors (Lipinski definition) is 1. The summed E-state index contributed by atoms with van der Waals surface area (Å²) in [6.45, 7) is 4.43. The van der Waals surface area contributed by atoms with Crippen molar-refractivity contribution in [1.29, 1.82) is 0 Å². The molecule has 1 atom stereocenters. The Bertz CT molecular complexity index is 313. The van der Waals surface area contributed by atoms with Gasteiger partial charge in [0.25, 0.3) is 0 Å². The van der Waals surface area contributed by atoms with Gasteiger partial charge in [0.05, 0.1) is 13.2 Å². The van der Waals surface area contributed by atoms with Crippen LogP contribution in [-0.2, 0) is 4.74 Å². The molecular weight excluding hydrogens is 202 g/mol. The minimum Gasteiger partial charge on any atom is -0.381 e. The van der Waals surface area contributed by atoms with Crippen molar-refractivity contribution in [3.63, 3.8) is 0 Å². The Balaban J connectivity index is 1.94. The minimum atomic E-state index is 0.369. The van der Waals surface area contributed by atoms with Gasteiger partial charge in [0.15, 0.2) is 5.96 Å². The van der Waals surface area contributed by atoms with Crippen LogP contribution in [0, 0.1) is 17.8 Å². The van der Waals surface area contributed by atoms with E-state index in [1.165, 1.54) is 12.8 Å². The third kappa shape index (κ3) is 2.14. The van der Waals surface area contributed by atoms with E-state index in [9.17, 15) is 0 Å². The lowest BCUT2D eigenvalue weighted by atomic mass is 9.87. The van der Waals surface area contributed by atoms with Gasteiger partial charge in [-0.15, -0.1) is 6.42 Å². The van der Waals surface area contributed by atoms with Crippen molar-refractivity contribution < 1.29 is 4.74 Å². The fraction of sp³-hybridized carbons (Fsp3) is 0.750. The maximum Gasteiger partial charge on any atom is 0.194 e. The Morgan fingerprint density at radius 2 is 2.50 bits per heavy atom. The normalized spacial score (nSPS) is 29.8. The van der Waals surface area contributed by atoms with Gasteiger partial charge < -0.3 is 15.0 Å². The summed E-state index contributed by atoms with van der Waals surface area (Å²) in [5.74, 6) is 3.49. The molecule has 1 unspecified atom stereocenters. The van der Waals surface area contributed by atoms with Crippen molar-refractivity contribution in [2.24, 2.45) is 10.4 Å². The van der Waals surface area contributed by atoms with Gasteiger partial charge in [0.2, 0.25) is 0 Å². The summed E-state index contributed by atoms with van der Waals surface area (Å²) in [6, 6.07) is 0. The molecule has 0 aromatic rings. The Hall–Kier alpha value is -1.21. The molecule has 2 rings (SSSR count). The zero-order chi connectivity index (χ0) is 11.4. The Morgan fingerprint density at radius 3 is 3.12 bits per heavy atom. The third-order valence-corrected chi connectivity index (χ3v) is 3.48. The number of hydrogen-bond acceptors (Lipinski definition) is 2. The standard InChI is InChI=1S/C12H19N3O/c1-3-6-14-11(13-2)15-7-4-12(9-15)5-8-16-10-12/h1H,4-10H2,2H3,(H,13,14). The fourth-order valence-electron chi connectivity index (χ4n) is 2.55. The Morgan fingerprint density at radius 1 is 1.62 bits per heavy atom. The second kappa shape index (κ2) is 4.75. The average molecular weight is 221 g/mol. The monoisotopic (exact) mass is 221 g/mol. The van der Waals surface area contributed by atoms with Crippen molar-refractivity contribution in [3.05, 3.63) is 0 Å². The van der Waals surface area contributed by atoms with E-state index in [0.29, 0.717) is 12.0 Å². The van der Waals surface area contributed by atoms with Crippen molar-refractivity contribution in [2.75, 3.05) is 39.9 Å². The van der Waals surface area contributed by atoms with E-state index in [2.05, 4.69) is 21.1 Å². The highest BCUT2D eigenvalue weighted by Crippen LogP contribution is 2.37. The first-order chi connectivity index (χ1) is 7.79. The lowest BCUT2D eigenvalue weighted by Crippen LogP contribution is -2.41. The number of likely N-dealkylation sites (tertiary alicyclic amines) is 1. The van der Waals surface area contributed by atoms with Crippen molar-refractivity contribution in [2.45, 2.75) is 12.8 Å². The van der Waals surface area contributed by atoms with Gasteiger partial charge in [-0.1, -0.05) is 5.92 Å². The number of terminal acetylenes is 1. The van der Waals surface area contributed by atoms with Gasteiger partial charge in [0, 0.05) is 32.2 Å². The summed E-state index contributed by atoms with van der Waals surface area (Å²) >= 11 is 0. The average Bonchev–Trinajstić information content (AvgIpc) is 2.92. The molecule has 0 radical (unpaired) electrons. The van der Waals surface area contributed by atoms with Crippen LogP contribution in [0.4, 0.5) is 0 Å². The maximum atomic E-state index is 5.51. The molecule has 2 aliphatic rings. The predicted octanol–water partition coefficient (Wildman–Crippen LogP) is 0.307. The molecule has 16 heavy (non-hydrogen) atoms. The highest BCUT2D eigenvalue weighted by atomic mass is 16.5. The predicted molar refractivity (Wildman–Crippen MR) is 64.3 cm³/mol. The van der Waals surface area contributed by atoms with Crippen LogP contribution in [0.15, 0.2) is 4.99 Å². The van der Waals surface area contributed by atoms with Crippen LogP contribution in [0.3, 0.4) is 0 Å². The second-order valence-corrected chi connectivity index (χ2v) is 4.58. The van der Waals surface area contributed by atoms with Gasteiger partial charge in [-0.3, -0.25) is 4.99 Å². The van der Waals surface area contributed by atoms with Crippen molar-refractivity contribution >= 4 is 5.96 Å². The molecule has 0 saturated carbocycles. The molecule has 0 bridgehead atoms.